The number of carbonyl (C=O) groups is 1. The van der Waals surface area contributed by atoms with Gasteiger partial charge in [0.1, 0.15) is 5.01 Å². The summed E-state index contributed by atoms with van der Waals surface area (Å²) in [7, 11) is 0. The minimum atomic E-state index is -0.188. The van der Waals surface area contributed by atoms with Crippen LogP contribution in [0.25, 0.3) is 11.3 Å². The van der Waals surface area contributed by atoms with Gasteiger partial charge in [0, 0.05) is 23.9 Å². The molecule has 0 saturated carbocycles. The van der Waals surface area contributed by atoms with Crippen LogP contribution in [-0.4, -0.2) is 28.9 Å². The molecule has 0 spiro atoms. The number of aromatic nitrogens is 1. The fourth-order valence-corrected chi connectivity index (χ4v) is 3.91. The zero-order chi connectivity index (χ0) is 15.4. The van der Waals surface area contributed by atoms with Gasteiger partial charge in [0.2, 0.25) is 5.91 Å². The highest BCUT2D eigenvalue weighted by molar-refractivity contribution is 7.09. The van der Waals surface area contributed by atoms with E-state index in [9.17, 15) is 4.79 Å². The number of nitrogens with zero attached hydrogens (tertiary/aromatic N) is 2. The third kappa shape index (κ3) is 3.93. The number of carbonyl (C=O) groups excluding carboxylic acids is 1. The van der Waals surface area contributed by atoms with Crippen LogP contribution >= 0.6 is 11.3 Å². The second-order valence-corrected chi connectivity index (χ2v) is 6.85. The molecule has 1 atom stereocenters. The van der Waals surface area contributed by atoms with Crippen molar-refractivity contribution in [2.45, 2.75) is 25.8 Å². The lowest BCUT2D eigenvalue weighted by atomic mass is 9.94. The van der Waals surface area contributed by atoms with Gasteiger partial charge in [-0.05, 0) is 25.3 Å². The molecule has 5 heteroatoms. The highest BCUT2D eigenvalue weighted by Crippen LogP contribution is 2.25. The van der Waals surface area contributed by atoms with Gasteiger partial charge in [-0.1, -0.05) is 30.3 Å². The van der Waals surface area contributed by atoms with Crippen molar-refractivity contribution in [1.82, 2.24) is 9.88 Å². The zero-order valence-electron chi connectivity index (χ0n) is 12.6. The zero-order valence-corrected chi connectivity index (χ0v) is 13.4. The molecule has 1 amide bonds. The summed E-state index contributed by atoms with van der Waals surface area (Å²) in [5.74, 6) is 0.215. The number of likely N-dealkylation sites (tertiary alicyclic amines) is 1. The number of piperidine rings is 1. The first kappa shape index (κ1) is 15.2. The first-order valence-electron chi connectivity index (χ1n) is 7.71. The number of primary amides is 1. The van der Waals surface area contributed by atoms with E-state index in [4.69, 9.17) is 10.7 Å². The van der Waals surface area contributed by atoms with Crippen LogP contribution in [0.5, 0.6) is 0 Å². The summed E-state index contributed by atoms with van der Waals surface area (Å²) in [6.07, 6.45) is 2.74. The average Bonchev–Trinajstić information content (AvgIpc) is 2.96. The molecule has 1 aliphatic heterocycles. The molecule has 22 heavy (non-hydrogen) atoms. The Bertz CT molecular complexity index is 626. The fourth-order valence-electron chi connectivity index (χ4n) is 3.06. The van der Waals surface area contributed by atoms with Crippen molar-refractivity contribution < 1.29 is 4.79 Å². The van der Waals surface area contributed by atoms with Crippen LogP contribution in [0, 0.1) is 5.92 Å². The molecule has 4 nitrogen and oxygen atoms in total. The van der Waals surface area contributed by atoms with E-state index in [1.54, 1.807) is 11.3 Å². The van der Waals surface area contributed by atoms with Crippen molar-refractivity contribution in [3.05, 3.63) is 40.7 Å². The van der Waals surface area contributed by atoms with Gasteiger partial charge in [-0.2, -0.15) is 0 Å². The molecule has 1 aromatic carbocycles. The van der Waals surface area contributed by atoms with Crippen LogP contribution < -0.4 is 5.73 Å². The summed E-state index contributed by atoms with van der Waals surface area (Å²) < 4.78 is 0. The van der Waals surface area contributed by atoms with Gasteiger partial charge in [-0.25, -0.2) is 4.98 Å². The Kier molecular flexibility index (Phi) is 4.85. The normalized spacial score (nSPS) is 19.2. The highest BCUT2D eigenvalue weighted by Gasteiger charge is 2.22. The summed E-state index contributed by atoms with van der Waals surface area (Å²) in [4.78, 5) is 18.2. The van der Waals surface area contributed by atoms with Crippen LogP contribution in [0.1, 0.15) is 24.3 Å². The second-order valence-electron chi connectivity index (χ2n) is 5.91. The summed E-state index contributed by atoms with van der Waals surface area (Å²) in [5, 5.41) is 3.26. The van der Waals surface area contributed by atoms with Gasteiger partial charge in [0.05, 0.1) is 12.2 Å². The predicted octanol–water partition coefficient (Wildman–Crippen LogP) is 2.90. The van der Waals surface area contributed by atoms with E-state index in [0.717, 1.165) is 48.7 Å². The molecule has 0 unspecified atom stereocenters. The largest absolute Gasteiger partial charge is 0.370 e. The fraction of sp³-hybridized carbons (Fsp3) is 0.412. The minimum absolute atomic E-state index is 0.188. The topological polar surface area (TPSA) is 59.2 Å². The smallest absolute Gasteiger partial charge is 0.217 e. The van der Waals surface area contributed by atoms with Gasteiger partial charge in [-0.15, -0.1) is 11.3 Å². The van der Waals surface area contributed by atoms with Crippen LogP contribution in [0.2, 0.25) is 0 Å². The summed E-state index contributed by atoms with van der Waals surface area (Å²) >= 11 is 1.71. The molecule has 3 rings (SSSR count). The molecule has 2 aromatic rings. The van der Waals surface area contributed by atoms with Gasteiger partial charge in [-0.3, -0.25) is 9.69 Å². The van der Waals surface area contributed by atoms with Crippen molar-refractivity contribution >= 4 is 17.2 Å². The first-order valence-corrected chi connectivity index (χ1v) is 8.59. The summed E-state index contributed by atoms with van der Waals surface area (Å²) in [6.45, 7) is 2.89. The lowest BCUT2D eigenvalue weighted by Crippen LogP contribution is -2.36. The highest BCUT2D eigenvalue weighted by atomic mass is 32.1. The Morgan fingerprint density at radius 1 is 1.36 bits per heavy atom. The van der Waals surface area contributed by atoms with Crippen LogP contribution in [0.3, 0.4) is 0 Å². The Morgan fingerprint density at radius 3 is 2.95 bits per heavy atom. The van der Waals surface area contributed by atoms with E-state index >= 15 is 0 Å². The molecule has 2 N–H and O–H groups in total. The Balaban J connectivity index is 1.61. The van der Waals surface area contributed by atoms with E-state index in [-0.39, 0.29) is 5.91 Å². The molecule has 1 saturated heterocycles. The standard InChI is InChI=1S/C17H21N3OS/c18-16(21)9-13-5-4-8-20(10-13)11-17-19-15(12-22-17)14-6-2-1-3-7-14/h1-3,6-7,12-13H,4-5,8-11H2,(H2,18,21)/t13-/m0/s1. The van der Waals surface area contributed by atoms with Crippen molar-refractivity contribution in [2.24, 2.45) is 11.7 Å². The monoisotopic (exact) mass is 315 g/mol. The molecule has 1 fully saturated rings. The SMILES string of the molecule is NC(=O)C[C@@H]1CCCN(Cc2nc(-c3ccccc3)cs2)C1. The molecule has 1 aromatic heterocycles. The maximum Gasteiger partial charge on any atom is 0.217 e. The number of rotatable bonds is 5. The number of benzene rings is 1. The quantitative estimate of drug-likeness (QED) is 0.923. The number of hydrogen-bond donors (Lipinski definition) is 1. The Labute approximate surface area is 135 Å². The molecule has 2 heterocycles. The first-order chi connectivity index (χ1) is 10.7. The van der Waals surface area contributed by atoms with Crippen LogP contribution in [-0.2, 0) is 11.3 Å². The molecule has 116 valence electrons. The average molecular weight is 315 g/mol. The van der Waals surface area contributed by atoms with E-state index in [0.29, 0.717) is 12.3 Å². The number of thiazole rings is 1. The van der Waals surface area contributed by atoms with Crippen molar-refractivity contribution in [1.29, 1.82) is 0 Å². The molecule has 0 radical (unpaired) electrons. The maximum absolute atomic E-state index is 11.1. The second kappa shape index (κ2) is 7.03. The van der Waals surface area contributed by atoms with Crippen molar-refractivity contribution in [3.63, 3.8) is 0 Å². The van der Waals surface area contributed by atoms with E-state index in [1.807, 2.05) is 18.2 Å². The van der Waals surface area contributed by atoms with Crippen LogP contribution in [0.15, 0.2) is 35.7 Å². The molecule has 0 bridgehead atoms. The van der Waals surface area contributed by atoms with Crippen molar-refractivity contribution in [2.75, 3.05) is 13.1 Å². The summed E-state index contributed by atoms with van der Waals surface area (Å²) in [5.41, 5.74) is 7.53. The maximum atomic E-state index is 11.1. The number of nitrogens with two attached hydrogens (primary N) is 1. The van der Waals surface area contributed by atoms with Crippen molar-refractivity contribution in [3.8, 4) is 11.3 Å². The van der Waals surface area contributed by atoms with Gasteiger partial charge < -0.3 is 5.73 Å². The molecule has 1 aliphatic rings. The molecule has 0 aliphatic carbocycles. The molecular formula is C17H21N3OS. The predicted molar refractivity (Wildman–Crippen MR) is 89.4 cm³/mol. The Morgan fingerprint density at radius 2 is 2.18 bits per heavy atom. The third-order valence-electron chi connectivity index (χ3n) is 4.07. The van der Waals surface area contributed by atoms with E-state index in [2.05, 4.69) is 22.4 Å². The van der Waals surface area contributed by atoms with Crippen LogP contribution in [0.4, 0.5) is 0 Å². The minimum Gasteiger partial charge on any atom is -0.370 e. The number of hydrogen-bond acceptors (Lipinski definition) is 4. The lowest BCUT2D eigenvalue weighted by molar-refractivity contribution is -0.119. The van der Waals surface area contributed by atoms with Gasteiger partial charge in [0.15, 0.2) is 0 Å². The van der Waals surface area contributed by atoms with Gasteiger partial charge in [0.25, 0.3) is 0 Å². The van der Waals surface area contributed by atoms with E-state index < -0.39 is 0 Å². The Hall–Kier alpha value is -1.72. The van der Waals surface area contributed by atoms with E-state index in [1.165, 1.54) is 0 Å². The number of amides is 1. The van der Waals surface area contributed by atoms with Gasteiger partial charge >= 0.3 is 0 Å². The molecular weight excluding hydrogens is 294 g/mol. The summed E-state index contributed by atoms with van der Waals surface area (Å²) in [6, 6.07) is 10.3. The lowest BCUT2D eigenvalue weighted by Gasteiger charge is -2.31. The third-order valence-corrected chi connectivity index (χ3v) is 4.91.